The molecule has 1 rings (SSSR count). The normalized spacial score (nSPS) is 23.9. The van der Waals surface area contributed by atoms with Crippen LogP contribution in [0.3, 0.4) is 0 Å². The maximum atomic E-state index is 12.2. The Kier molecular flexibility index (Phi) is 8.77. The monoisotopic (exact) mass is 350 g/mol. The molecule has 1 heterocycles. The zero-order valence-electron chi connectivity index (χ0n) is 16.2. The minimum absolute atomic E-state index is 0.00537. The maximum absolute atomic E-state index is 12.2. The number of aliphatic hydroxyl groups is 2. The van der Waals surface area contributed by atoms with Crippen LogP contribution in [0.1, 0.15) is 59.8 Å². The van der Waals surface area contributed by atoms with Gasteiger partial charge in [-0.05, 0) is 51.0 Å². The third-order valence-electron chi connectivity index (χ3n) is 5.08. The van der Waals surface area contributed by atoms with Gasteiger partial charge in [-0.1, -0.05) is 43.7 Å². The minimum Gasteiger partial charge on any atom is -0.393 e. The molecule has 1 fully saturated rings. The zero-order valence-corrected chi connectivity index (χ0v) is 16.2. The van der Waals surface area contributed by atoms with Crippen molar-refractivity contribution in [3.05, 3.63) is 35.5 Å². The van der Waals surface area contributed by atoms with E-state index in [2.05, 4.69) is 6.58 Å². The first-order chi connectivity index (χ1) is 11.8. The van der Waals surface area contributed by atoms with Crippen molar-refractivity contribution in [3.63, 3.8) is 0 Å². The van der Waals surface area contributed by atoms with E-state index in [-0.39, 0.29) is 25.1 Å². The highest BCUT2D eigenvalue weighted by Gasteiger charge is 2.54. The summed E-state index contributed by atoms with van der Waals surface area (Å²) in [6, 6.07) is 0. The molecule has 0 aromatic carbocycles. The van der Waals surface area contributed by atoms with Gasteiger partial charge in [0.05, 0.1) is 19.3 Å². The predicted molar refractivity (Wildman–Crippen MR) is 101 cm³/mol. The molecular weight excluding hydrogens is 316 g/mol. The van der Waals surface area contributed by atoms with Crippen molar-refractivity contribution in [2.24, 2.45) is 5.92 Å². The fourth-order valence-corrected chi connectivity index (χ4v) is 2.82. The Morgan fingerprint density at radius 3 is 2.52 bits per heavy atom. The smallest absolute Gasteiger partial charge is 0.162 e. The first kappa shape index (κ1) is 21.8. The van der Waals surface area contributed by atoms with Crippen molar-refractivity contribution in [2.75, 3.05) is 13.2 Å². The average molecular weight is 350 g/mol. The van der Waals surface area contributed by atoms with Crippen LogP contribution < -0.4 is 0 Å². The van der Waals surface area contributed by atoms with Crippen LogP contribution in [0.15, 0.2) is 35.5 Å². The lowest BCUT2D eigenvalue weighted by atomic mass is 9.94. The van der Waals surface area contributed by atoms with Gasteiger partial charge in [0, 0.05) is 6.42 Å². The van der Waals surface area contributed by atoms with E-state index in [0.29, 0.717) is 25.2 Å². The molecule has 4 heteroatoms. The topological polar surface area (TPSA) is 70.1 Å². The molecule has 0 spiro atoms. The molecule has 0 unspecified atom stereocenters. The molecule has 0 amide bonds. The van der Waals surface area contributed by atoms with Crippen LogP contribution in [0.5, 0.6) is 0 Å². The largest absolute Gasteiger partial charge is 0.393 e. The Labute approximate surface area is 152 Å². The summed E-state index contributed by atoms with van der Waals surface area (Å²) in [5.41, 5.74) is 2.40. The van der Waals surface area contributed by atoms with Crippen LogP contribution >= 0.6 is 0 Å². The van der Waals surface area contributed by atoms with Gasteiger partial charge in [0.15, 0.2) is 5.78 Å². The van der Waals surface area contributed by atoms with E-state index < -0.39 is 5.60 Å². The molecule has 1 saturated heterocycles. The van der Waals surface area contributed by atoms with Gasteiger partial charge in [-0.3, -0.25) is 4.79 Å². The number of rotatable bonds is 12. The van der Waals surface area contributed by atoms with E-state index in [1.807, 2.05) is 33.8 Å². The molecule has 0 aromatic rings. The van der Waals surface area contributed by atoms with Crippen molar-refractivity contribution < 1.29 is 19.7 Å². The fourth-order valence-electron chi connectivity index (χ4n) is 2.82. The van der Waals surface area contributed by atoms with Crippen LogP contribution in [-0.4, -0.2) is 40.9 Å². The quantitative estimate of drug-likeness (QED) is 0.320. The number of carbonyl (C=O) groups is 1. The molecule has 25 heavy (non-hydrogen) atoms. The Morgan fingerprint density at radius 1 is 1.28 bits per heavy atom. The molecule has 142 valence electrons. The van der Waals surface area contributed by atoms with Gasteiger partial charge >= 0.3 is 0 Å². The third kappa shape index (κ3) is 6.89. The van der Waals surface area contributed by atoms with Crippen LogP contribution in [0.25, 0.3) is 0 Å². The Hall–Kier alpha value is -1.23. The van der Waals surface area contributed by atoms with Crippen LogP contribution in [-0.2, 0) is 9.53 Å². The molecule has 0 bridgehead atoms. The van der Waals surface area contributed by atoms with E-state index in [1.54, 1.807) is 6.08 Å². The second kappa shape index (κ2) is 10.0. The lowest BCUT2D eigenvalue weighted by Crippen LogP contribution is -2.20. The van der Waals surface area contributed by atoms with Gasteiger partial charge in [0.1, 0.15) is 5.60 Å². The number of allylic oxidation sites excluding steroid dienone is 4. The Bertz CT molecular complexity index is 530. The van der Waals surface area contributed by atoms with E-state index in [0.717, 1.165) is 29.6 Å². The Morgan fingerprint density at radius 2 is 1.96 bits per heavy atom. The summed E-state index contributed by atoms with van der Waals surface area (Å²) >= 11 is 0. The molecule has 0 aromatic heterocycles. The highest BCUT2D eigenvalue weighted by atomic mass is 16.6. The van der Waals surface area contributed by atoms with Crippen molar-refractivity contribution in [2.45, 2.75) is 71.5 Å². The lowest BCUT2D eigenvalue weighted by Gasteiger charge is -2.10. The van der Waals surface area contributed by atoms with Gasteiger partial charge in [0.25, 0.3) is 0 Å². The number of carbonyl (C=O) groups excluding carboxylic acids is 1. The fraction of sp³-hybridized carbons (Fsp3) is 0.667. The van der Waals surface area contributed by atoms with E-state index in [4.69, 9.17) is 9.84 Å². The summed E-state index contributed by atoms with van der Waals surface area (Å²) in [7, 11) is 0. The van der Waals surface area contributed by atoms with E-state index >= 15 is 0 Å². The van der Waals surface area contributed by atoms with Crippen LogP contribution in [0.2, 0.25) is 0 Å². The number of hydrogen-bond acceptors (Lipinski definition) is 4. The first-order valence-electron chi connectivity index (χ1n) is 9.18. The number of hydrogen-bond donors (Lipinski definition) is 2. The van der Waals surface area contributed by atoms with Gasteiger partial charge in [-0.25, -0.2) is 0 Å². The van der Waals surface area contributed by atoms with Gasteiger partial charge in [-0.2, -0.15) is 0 Å². The van der Waals surface area contributed by atoms with Gasteiger partial charge in [-0.15, -0.1) is 0 Å². The summed E-state index contributed by atoms with van der Waals surface area (Å²) < 4.78 is 5.75. The number of ether oxygens (including phenoxy) is 1. The average Bonchev–Trinajstić information content (AvgIpc) is 3.26. The molecule has 1 aliphatic rings. The summed E-state index contributed by atoms with van der Waals surface area (Å²) in [4.78, 5) is 12.2. The van der Waals surface area contributed by atoms with E-state index in [1.165, 1.54) is 0 Å². The highest BCUT2D eigenvalue weighted by molar-refractivity contribution is 5.96. The molecule has 4 nitrogen and oxygen atoms in total. The summed E-state index contributed by atoms with van der Waals surface area (Å²) in [6.07, 6.45) is 7.34. The zero-order chi connectivity index (χ0) is 19.0. The van der Waals surface area contributed by atoms with Crippen molar-refractivity contribution in [1.29, 1.82) is 0 Å². The molecule has 0 aliphatic carbocycles. The molecule has 1 aliphatic heterocycles. The molecule has 2 N–H and O–H groups in total. The Balaban J connectivity index is 2.44. The van der Waals surface area contributed by atoms with Gasteiger partial charge < -0.3 is 14.9 Å². The number of epoxide rings is 1. The molecule has 2 atom stereocenters. The molecule has 0 saturated carbocycles. The third-order valence-corrected chi connectivity index (χ3v) is 5.08. The molecular formula is C21H34O4. The second-order valence-electron chi connectivity index (χ2n) is 7.44. The highest BCUT2D eigenvalue weighted by Crippen LogP contribution is 2.43. The maximum Gasteiger partial charge on any atom is 0.162 e. The van der Waals surface area contributed by atoms with Crippen molar-refractivity contribution in [3.8, 4) is 0 Å². The van der Waals surface area contributed by atoms with E-state index in [9.17, 15) is 9.90 Å². The standard InChI is InChI=1S/C21H34O4/c1-15(2)18(5)13-19(24)17(4)7-6-11-21(14-23)20(25-21)9-8-16(3)10-12-22/h7,10,15,20,22-23H,5-6,8-9,11-14H2,1-4H3/b16-10-,17-7+/t20-,21-/m0/s1. The SMILES string of the molecule is C=C(CC(=O)/C(C)=C/CC[C@@]1(CO)O[C@H]1CC/C(C)=C\CO)C(C)C. The first-order valence-corrected chi connectivity index (χ1v) is 9.18. The summed E-state index contributed by atoms with van der Waals surface area (Å²) in [5, 5.41) is 18.5. The van der Waals surface area contributed by atoms with Gasteiger partial charge in [0.2, 0.25) is 0 Å². The second-order valence-corrected chi connectivity index (χ2v) is 7.44. The number of Topliss-reactive ketones (excluding diaryl/α,β-unsaturated/α-hetero) is 1. The minimum atomic E-state index is -0.457. The molecule has 0 radical (unpaired) electrons. The number of ketones is 1. The van der Waals surface area contributed by atoms with Crippen molar-refractivity contribution >= 4 is 5.78 Å². The lowest BCUT2D eigenvalue weighted by molar-refractivity contribution is -0.115. The predicted octanol–water partition coefficient (Wildman–Crippen LogP) is 3.73. The van der Waals surface area contributed by atoms with Crippen LogP contribution in [0.4, 0.5) is 0 Å². The number of aliphatic hydroxyl groups excluding tert-OH is 2. The summed E-state index contributed by atoms with van der Waals surface area (Å²) in [5.74, 6) is 0.438. The van der Waals surface area contributed by atoms with Crippen LogP contribution in [0, 0.1) is 5.92 Å². The summed E-state index contributed by atoms with van der Waals surface area (Å²) in [6.45, 7) is 11.9. The van der Waals surface area contributed by atoms with Crippen molar-refractivity contribution in [1.82, 2.24) is 0 Å².